The largest absolute Gasteiger partial charge is 0.503 e. The first-order chi connectivity index (χ1) is 11.4. The van der Waals surface area contributed by atoms with Crippen LogP contribution in [0, 0.1) is 0 Å². The minimum atomic E-state index is -0.203. The number of ketones is 1. The van der Waals surface area contributed by atoms with E-state index in [2.05, 4.69) is 21.2 Å². The predicted octanol–water partition coefficient (Wildman–Crippen LogP) is 4.02. The maximum atomic E-state index is 12.3. The van der Waals surface area contributed by atoms with E-state index in [-0.39, 0.29) is 17.4 Å². The molecule has 0 fully saturated rings. The standard InChI is InChI=1S/C18H16BrNO4/c1-11(21)20-14-5-3-4-13(10-14)16(22)7-6-12-8-15(19)18(23)17(9-12)24-2/h3-10,23H,1-2H3,(H,20,21)/b7-6+. The van der Waals surface area contributed by atoms with Crippen LogP contribution in [-0.2, 0) is 4.79 Å². The molecule has 124 valence electrons. The molecule has 2 N–H and O–H groups in total. The molecule has 0 saturated heterocycles. The number of hydrogen-bond donors (Lipinski definition) is 2. The third kappa shape index (κ3) is 4.45. The molecule has 0 spiro atoms. The quantitative estimate of drug-likeness (QED) is 0.598. The second-order valence-corrected chi connectivity index (χ2v) is 5.87. The fourth-order valence-corrected chi connectivity index (χ4v) is 2.53. The lowest BCUT2D eigenvalue weighted by atomic mass is 10.1. The lowest BCUT2D eigenvalue weighted by Crippen LogP contribution is -2.06. The summed E-state index contributed by atoms with van der Waals surface area (Å²) in [5.74, 6) is -0.0883. The van der Waals surface area contributed by atoms with Crippen LogP contribution in [0.15, 0.2) is 46.9 Å². The molecule has 0 radical (unpaired) electrons. The van der Waals surface area contributed by atoms with Crippen molar-refractivity contribution in [2.24, 2.45) is 0 Å². The third-order valence-electron chi connectivity index (χ3n) is 3.17. The Morgan fingerprint density at radius 1 is 1.25 bits per heavy atom. The smallest absolute Gasteiger partial charge is 0.221 e. The lowest BCUT2D eigenvalue weighted by Gasteiger charge is -2.06. The van der Waals surface area contributed by atoms with Gasteiger partial charge in [-0.2, -0.15) is 0 Å². The summed E-state index contributed by atoms with van der Waals surface area (Å²) >= 11 is 3.23. The van der Waals surface area contributed by atoms with Crippen LogP contribution in [0.1, 0.15) is 22.8 Å². The van der Waals surface area contributed by atoms with Gasteiger partial charge >= 0.3 is 0 Å². The van der Waals surface area contributed by atoms with Gasteiger partial charge in [0.2, 0.25) is 5.91 Å². The van der Waals surface area contributed by atoms with Crippen molar-refractivity contribution in [1.29, 1.82) is 0 Å². The summed E-state index contributed by atoms with van der Waals surface area (Å²) in [4.78, 5) is 23.3. The van der Waals surface area contributed by atoms with E-state index in [1.807, 2.05) is 0 Å². The Morgan fingerprint density at radius 3 is 2.67 bits per heavy atom. The molecular formula is C18H16BrNO4. The van der Waals surface area contributed by atoms with Crippen LogP contribution in [0.25, 0.3) is 6.08 Å². The normalized spacial score (nSPS) is 10.6. The molecule has 0 aliphatic heterocycles. The number of carbonyl (C=O) groups is 2. The lowest BCUT2D eigenvalue weighted by molar-refractivity contribution is -0.114. The maximum absolute atomic E-state index is 12.3. The van der Waals surface area contributed by atoms with Gasteiger partial charge in [0, 0.05) is 18.2 Å². The summed E-state index contributed by atoms with van der Waals surface area (Å²) in [6, 6.07) is 10.00. The number of carbonyl (C=O) groups excluding carboxylic acids is 2. The Morgan fingerprint density at radius 2 is 2.00 bits per heavy atom. The fourth-order valence-electron chi connectivity index (χ4n) is 2.07. The van der Waals surface area contributed by atoms with Crippen LogP contribution in [-0.4, -0.2) is 23.9 Å². The maximum Gasteiger partial charge on any atom is 0.221 e. The SMILES string of the molecule is COc1cc(/C=C/C(=O)c2cccc(NC(C)=O)c2)cc(Br)c1O. The van der Waals surface area contributed by atoms with E-state index in [4.69, 9.17) is 4.74 Å². The fraction of sp³-hybridized carbons (Fsp3) is 0.111. The summed E-state index contributed by atoms with van der Waals surface area (Å²) in [7, 11) is 1.45. The van der Waals surface area contributed by atoms with Crippen molar-refractivity contribution < 1.29 is 19.4 Å². The molecule has 0 atom stereocenters. The minimum absolute atomic E-state index is 0.00369. The summed E-state index contributed by atoms with van der Waals surface area (Å²) < 4.78 is 5.55. The van der Waals surface area contributed by atoms with Crippen LogP contribution >= 0.6 is 15.9 Å². The van der Waals surface area contributed by atoms with Gasteiger partial charge in [-0.25, -0.2) is 0 Å². The number of phenols is 1. The number of methoxy groups -OCH3 is 1. The van der Waals surface area contributed by atoms with Gasteiger partial charge in [-0.3, -0.25) is 9.59 Å². The van der Waals surface area contributed by atoms with E-state index in [0.717, 1.165) is 0 Å². The van der Waals surface area contributed by atoms with Crippen LogP contribution in [0.4, 0.5) is 5.69 Å². The number of rotatable bonds is 5. The van der Waals surface area contributed by atoms with Crippen LogP contribution < -0.4 is 10.1 Å². The highest BCUT2D eigenvalue weighted by Crippen LogP contribution is 2.35. The number of halogens is 1. The van der Waals surface area contributed by atoms with E-state index in [9.17, 15) is 14.7 Å². The van der Waals surface area contributed by atoms with Crippen molar-refractivity contribution in [2.75, 3.05) is 12.4 Å². The Balaban J connectivity index is 2.22. The molecule has 0 saturated carbocycles. The Bertz CT molecular complexity index is 815. The zero-order valence-electron chi connectivity index (χ0n) is 13.2. The van der Waals surface area contributed by atoms with Crippen molar-refractivity contribution in [1.82, 2.24) is 0 Å². The molecular weight excluding hydrogens is 374 g/mol. The Kier molecular flexibility index (Phi) is 5.76. The molecule has 0 unspecified atom stereocenters. The summed E-state index contributed by atoms with van der Waals surface area (Å²) in [5.41, 5.74) is 1.72. The van der Waals surface area contributed by atoms with Gasteiger partial charge in [0.05, 0.1) is 11.6 Å². The van der Waals surface area contributed by atoms with E-state index in [1.54, 1.807) is 42.5 Å². The average molecular weight is 390 g/mol. The summed E-state index contributed by atoms with van der Waals surface area (Å²) in [6.07, 6.45) is 3.05. The third-order valence-corrected chi connectivity index (χ3v) is 3.77. The zero-order valence-corrected chi connectivity index (χ0v) is 14.8. The minimum Gasteiger partial charge on any atom is -0.503 e. The van der Waals surface area contributed by atoms with Crippen molar-refractivity contribution in [3.05, 3.63) is 58.1 Å². The summed E-state index contributed by atoms with van der Waals surface area (Å²) in [6.45, 7) is 1.41. The number of amides is 1. The predicted molar refractivity (Wildman–Crippen MR) is 96.5 cm³/mol. The van der Waals surface area contributed by atoms with Gasteiger partial charge in [0.25, 0.3) is 0 Å². The molecule has 0 aromatic heterocycles. The number of nitrogens with one attached hydrogen (secondary N) is 1. The second-order valence-electron chi connectivity index (χ2n) is 5.01. The number of phenolic OH excluding ortho intramolecular Hbond substituents is 1. The van der Waals surface area contributed by atoms with Crippen LogP contribution in [0.2, 0.25) is 0 Å². The first-order valence-electron chi connectivity index (χ1n) is 7.07. The second kappa shape index (κ2) is 7.79. The molecule has 24 heavy (non-hydrogen) atoms. The van der Waals surface area contributed by atoms with Crippen molar-refractivity contribution >= 4 is 39.4 Å². The van der Waals surface area contributed by atoms with Crippen LogP contribution in [0.5, 0.6) is 11.5 Å². The molecule has 6 heteroatoms. The van der Waals surface area contributed by atoms with Gasteiger partial charge < -0.3 is 15.2 Å². The van der Waals surface area contributed by atoms with E-state index in [1.165, 1.54) is 20.1 Å². The van der Waals surface area contributed by atoms with Gasteiger partial charge in [0.15, 0.2) is 17.3 Å². The molecule has 0 heterocycles. The first-order valence-corrected chi connectivity index (χ1v) is 7.86. The number of anilines is 1. The van der Waals surface area contributed by atoms with Gasteiger partial charge in [-0.05, 0) is 51.8 Å². The molecule has 1 amide bonds. The van der Waals surface area contributed by atoms with E-state index >= 15 is 0 Å². The molecule has 2 aromatic carbocycles. The van der Waals surface area contributed by atoms with Crippen molar-refractivity contribution in [3.63, 3.8) is 0 Å². The molecule has 0 aliphatic rings. The number of aromatic hydroxyl groups is 1. The van der Waals surface area contributed by atoms with E-state index in [0.29, 0.717) is 27.0 Å². The molecule has 0 aliphatic carbocycles. The number of hydrogen-bond acceptors (Lipinski definition) is 4. The van der Waals surface area contributed by atoms with E-state index < -0.39 is 0 Å². The van der Waals surface area contributed by atoms with Gasteiger partial charge in [0.1, 0.15) is 0 Å². The topological polar surface area (TPSA) is 75.6 Å². The highest BCUT2D eigenvalue weighted by Gasteiger charge is 2.08. The highest BCUT2D eigenvalue weighted by atomic mass is 79.9. The monoisotopic (exact) mass is 389 g/mol. The van der Waals surface area contributed by atoms with Crippen LogP contribution in [0.3, 0.4) is 0 Å². The summed E-state index contributed by atoms with van der Waals surface area (Å²) in [5, 5.41) is 12.4. The van der Waals surface area contributed by atoms with Crippen molar-refractivity contribution in [2.45, 2.75) is 6.92 Å². The van der Waals surface area contributed by atoms with Gasteiger partial charge in [-0.15, -0.1) is 0 Å². The number of ether oxygens (including phenoxy) is 1. The molecule has 2 rings (SSSR count). The Hall–Kier alpha value is -2.60. The highest BCUT2D eigenvalue weighted by molar-refractivity contribution is 9.10. The molecule has 5 nitrogen and oxygen atoms in total. The number of benzene rings is 2. The van der Waals surface area contributed by atoms with Crippen molar-refractivity contribution in [3.8, 4) is 11.5 Å². The zero-order chi connectivity index (χ0) is 17.7. The van der Waals surface area contributed by atoms with Gasteiger partial charge in [-0.1, -0.05) is 18.2 Å². The molecule has 2 aromatic rings. The number of allylic oxidation sites excluding steroid dienone is 1. The first kappa shape index (κ1) is 17.7. The average Bonchev–Trinajstić information content (AvgIpc) is 2.55. The molecule has 0 bridgehead atoms. The Labute approximate surface area is 148 Å².